The summed E-state index contributed by atoms with van der Waals surface area (Å²) in [6.07, 6.45) is 1.77. The third-order valence-electron chi connectivity index (χ3n) is 6.58. The summed E-state index contributed by atoms with van der Waals surface area (Å²) >= 11 is 1.75. The van der Waals surface area contributed by atoms with E-state index >= 15 is 0 Å². The van der Waals surface area contributed by atoms with Crippen molar-refractivity contribution in [3.63, 3.8) is 0 Å². The number of benzene rings is 3. The first-order chi connectivity index (χ1) is 17.6. The monoisotopic (exact) mass is 506 g/mol. The van der Waals surface area contributed by atoms with E-state index < -0.39 is 0 Å². The first-order valence-corrected chi connectivity index (χ1v) is 13.3. The smallest absolute Gasteiger partial charge is 0.289 e. The maximum Gasteiger partial charge on any atom is 0.289 e. The summed E-state index contributed by atoms with van der Waals surface area (Å²) in [5.74, 6) is 0.646. The fourth-order valence-electron chi connectivity index (χ4n) is 4.63. The van der Waals surface area contributed by atoms with Gasteiger partial charge in [0, 0.05) is 36.8 Å². The fourth-order valence-corrected chi connectivity index (χ4v) is 5.80. The highest BCUT2D eigenvalue weighted by Crippen LogP contribution is 2.35. The Morgan fingerprint density at radius 1 is 0.944 bits per heavy atom. The minimum absolute atomic E-state index is 0.00345. The van der Waals surface area contributed by atoms with Crippen LogP contribution in [0, 0.1) is 11.6 Å². The average Bonchev–Trinajstić information content (AvgIpc) is 3.35. The first-order valence-electron chi connectivity index (χ1n) is 12.2. The van der Waals surface area contributed by atoms with Crippen LogP contribution in [-0.2, 0) is 0 Å². The molecule has 5 rings (SSSR count). The molecule has 0 saturated carbocycles. The number of fused-ring (bicyclic) bond motifs is 1. The Morgan fingerprint density at radius 2 is 1.56 bits per heavy atom. The van der Waals surface area contributed by atoms with Gasteiger partial charge in [-0.2, -0.15) is 0 Å². The minimum atomic E-state index is -0.270. The van der Waals surface area contributed by atoms with Crippen molar-refractivity contribution in [2.45, 2.75) is 24.1 Å². The number of nitrogens with one attached hydrogen (secondary N) is 1. The van der Waals surface area contributed by atoms with Crippen LogP contribution in [0.4, 0.5) is 8.78 Å². The summed E-state index contributed by atoms with van der Waals surface area (Å²) in [6, 6.07) is 22.8. The molecule has 1 N–H and O–H groups in total. The molecule has 0 unspecified atom stereocenters. The molecular weight excluding hydrogens is 478 g/mol. The van der Waals surface area contributed by atoms with Crippen molar-refractivity contribution in [3.05, 3.63) is 107 Å². The van der Waals surface area contributed by atoms with Crippen LogP contribution >= 0.6 is 11.8 Å². The van der Waals surface area contributed by atoms with Crippen molar-refractivity contribution >= 4 is 28.6 Å². The van der Waals surface area contributed by atoms with Gasteiger partial charge >= 0.3 is 0 Å². The number of hydrogen-bond donors (Lipinski definition) is 1. The number of piperidine rings is 1. The van der Waals surface area contributed by atoms with Crippen LogP contribution in [0.15, 0.2) is 83.3 Å². The van der Waals surface area contributed by atoms with Crippen LogP contribution in [0.5, 0.6) is 0 Å². The standard InChI is InChI=1S/C29H28F2N2O2S/c30-23-9-5-20(6-10-23)28(21-7-11-24(31)12-8-21)36-18-15-32-25-13-16-33(17-14-25)29(34)27-19-22-3-1-2-4-26(22)35-27/h1-12,19,25,28,32H,13-18H2. The quantitative estimate of drug-likeness (QED) is 0.280. The van der Waals surface area contributed by atoms with E-state index in [9.17, 15) is 13.6 Å². The molecule has 0 radical (unpaired) electrons. The lowest BCUT2D eigenvalue weighted by molar-refractivity contribution is 0.0676. The van der Waals surface area contributed by atoms with Crippen molar-refractivity contribution in [3.8, 4) is 0 Å². The van der Waals surface area contributed by atoms with Crippen LogP contribution in [0.1, 0.15) is 39.8 Å². The normalized spacial score (nSPS) is 14.6. The van der Waals surface area contributed by atoms with Crippen molar-refractivity contribution in [1.82, 2.24) is 10.2 Å². The number of hydrogen-bond acceptors (Lipinski definition) is 4. The third kappa shape index (κ3) is 5.79. The number of thioether (sulfide) groups is 1. The summed E-state index contributed by atoms with van der Waals surface area (Å²) in [6.45, 7) is 2.19. The third-order valence-corrected chi connectivity index (χ3v) is 7.90. The van der Waals surface area contributed by atoms with Gasteiger partial charge in [-0.15, -0.1) is 11.8 Å². The number of rotatable bonds is 8. The number of amides is 1. The lowest BCUT2D eigenvalue weighted by atomic mass is 10.0. The van der Waals surface area contributed by atoms with Gasteiger partial charge in [-0.3, -0.25) is 4.79 Å². The van der Waals surface area contributed by atoms with Gasteiger partial charge in [0.15, 0.2) is 5.76 Å². The van der Waals surface area contributed by atoms with Gasteiger partial charge < -0.3 is 14.6 Å². The molecule has 4 aromatic rings. The number of carbonyl (C=O) groups excluding carboxylic acids is 1. The second kappa shape index (κ2) is 11.3. The molecule has 0 spiro atoms. The summed E-state index contributed by atoms with van der Waals surface area (Å²) in [7, 11) is 0. The van der Waals surface area contributed by atoms with Gasteiger partial charge in [-0.05, 0) is 60.4 Å². The van der Waals surface area contributed by atoms with Crippen molar-refractivity contribution in [2.75, 3.05) is 25.4 Å². The molecule has 7 heteroatoms. The summed E-state index contributed by atoms with van der Waals surface area (Å²) in [5.41, 5.74) is 2.71. The Morgan fingerprint density at radius 3 is 2.17 bits per heavy atom. The number of carbonyl (C=O) groups is 1. The predicted octanol–water partition coefficient (Wildman–Crippen LogP) is 6.43. The highest BCUT2D eigenvalue weighted by molar-refractivity contribution is 7.99. The van der Waals surface area contributed by atoms with Gasteiger partial charge in [0.05, 0.1) is 5.25 Å². The highest BCUT2D eigenvalue weighted by atomic mass is 32.2. The zero-order chi connectivity index (χ0) is 24.9. The van der Waals surface area contributed by atoms with E-state index in [-0.39, 0.29) is 22.8 Å². The number of nitrogens with zero attached hydrogens (tertiary/aromatic N) is 1. The van der Waals surface area contributed by atoms with Crippen LogP contribution in [0.3, 0.4) is 0 Å². The molecule has 3 aromatic carbocycles. The van der Waals surface area contributed by atoms with Crippen LogP contribution in [0.2, 0.25) is 0 Å². The maximum absolute atomic E-state index is 13.4. The molecule has 186 valence electrons. The van der Waals surface area contributed by atoms with Gasteiger partial charge in [0.2, 0.25) is 0 Å². The number of likely N-dealkylation sites (tertiary alicyclic amines) is 1. The van der Waals surface area contributed by atoms with Crippen LogP contribution in [0.25, 0.3) is 11.0 Å². The van der Waals surface area contributed by atoms with E-state index in [2.05, 4.69) is 5.32 Å². The maximum atomic E-state index is 13.4. The van der Waals surface area contributed by atoms with E-state index in [1.165, 1.54) is 24.3 Å². The number of para-hydroxylation sites is 1. The Kier molecular flexibility index (Phi) is 7.68. The molecule has 0 atom stereocenters. The molecule has 1 aromatic heterocycles. The van der Waals surface area contributed by atoms with Crippen LogP contribution < -0.4 is 5.32 Å². The summed E-state index contributed by atoms with van der Waals surface area (Å²) in [5, 5.41) is 4.55. The van der Waals surface area contributed by atoms with Gasteiger partial charge in [0.25, 0.3) is 5.91 Å². The van der Waals surface area contributed by atoms with E-state index in [1.54, 1.807) is 36.0 Å². The molecule has 1 aliphatic rings. The van der Waals surface area contributed by atoms with Crippen molar-refractivity contribution in [2.24, 2.45) is 0 Å². The summed E-state index contributed by atoms with van der Waals surface area (Å²) < 4.78 is 32.6. The lowest BCUT2D eigenvalue weighted by Gasteiger charge is -2.32. The summed E-state index contributed by atoms with van der Waals surface area (Å²) in [4.78, 5) is 14.7. The molecule has 1 amide bonds. The fraction of sp³-hybridized carbons (Fsp3) is 0.276. The Labute approximate surface area is 213 Å². The van der Waals surface area contributed by atoms with Crippen molar-refractivity contribution in [1.29, 1.82) is 0 Å². The lowest BCUT2D eigenvalue weighted by Crippen LogP contribution is -2.45. The highest BCUT2D eigenvalue weighted by Gasteiger charge is 2.25. The molecule has 1 saturated heterocycles. The van der Waals surface area contributed by atoms with E-state index in [0.717, 1.165) is 47.2 Å². The molecular formula is C29H28F2N2O2S. The van der Waals surface area contributed by atoms with Crippen LogP contribution in [-0.4, -0.2) is 42.2 Å². The SMILES string of the molecule is O=C(c1cc2ccccc2o1)N1CCC(NCCSC(c2ccc(F)cc2)c2ccc(F)cc2)CC1. The van der Waals surface area contributed by atoms with E-state index in [1.807, 2.05) is 35.2 Å². The number of halogens is 2. The molecule has 0 bridgehead atoms. The predicted molar refractivity (Wildman–Crippen MR) is 140 cm³/mol. The zero-order valence-electron chi connectivity index (χ0n) is 19.8. The van der Waals surface area contributed by atoms with Gasteiger partial charge in [-0.25, -0.2) is 8.78 Å². The molecule has 36 heavy (non-hydrogen) atoms. The Hall–Kier alpha value is -3.16. The van der Waals surface area contributed by atoms with E-state index in [4.69, 9.17) is 4.42 Å². The molecule has 0 aliphatic carbocycles. The second-order valence-corrected chi connectivity index (χ2v) is 10.2. The topological polar surface area (TPSA) is 45.5 Å². The van der Waals surface area contributed by atoms with Gasteiger partial charge in [0.1, 0.15) is 17.2 Å². The van der Waals surface area contributed by atoms with Gasteiger partial charge in [-0.1, -0.05) is 42.5 Å². The minimum Gasteiger partial charge on any atom is -0.451 e. The Bertz CT molecular complexity index is 1220. The first kappa shape index (κ1) is 24.5. The number of furan rings is 1. The van der Waals surface area contributed by atoms with Crippen molar-refractivity contribution < 1.29 is 18.0 Å². The second-order valence-electron chi connectivity index (χ2n) is 9.02. The Balaban J connectivity index is 1.11. The molecule has 1 aliphatic heterocycles. The van der Waals surface area contributed by atoms with E-state index in [0.29, 0.717) is 24.9 Å². The molecule has 2 heterocycles. The molecule has 1 fully saturated rings. The zero-order valence-corrected chi connectivity index (χ0v) is 20.6. The largest absolute Gasteiger partial charge is 0.451 e. The molecule has 4 nitrogen and oxygen atoms in total. The average molecular weight is 507 g/mol.